The van der Waals surface area contributed by atoms with E-state index in [1.54, 1.807) is 11.3 Å². The summed E-state index contributed by atoms with van der Waals surface area (Å²) in [6.07, 6.45) is 0.432. The number of thiazole rings is 1. The normalized spacial score (nSPS) is 11.6. The van der Waals surface area contributed by atoms with Gasteiger partial charge in [0.1, 0.15) is 0 Å². The van der Waals surface area contributed by atoms with Crippen molar-refractivity contribution in [2.24, 2.45) is 4.99 Å². The molecule has 0 saturated carbocycles. The fourth-order valence-electron chi connectivity index (χ4n) is 1.90. The highest BCUT2D eigenvalue weighted by Gasteiger charge is 2.06. The van der Waals surface area contributed by atoms with Gasteiger partial charge in [0, 0.05) is 30.4 Å². The first-order valence-corrected chi connectivity index (χ1v) is 8.48. The van der Waals surface area contributed by atoms with Crippen LogP contribution in [0, 0.1) is 13.8 Å². The predicted molar refractivity (Wildman–Crippen MR) is 92.3 cm³/mol. The summed E-state index contributed by atoms with van der Waals surface area (Å²) in [7, 11) is 0. The van der Waals surface area contributed by atoms with Gasteiger partial charge in [0.25, 0.3) is 0 Å². The second-order valence-electron chi connectivity index (χ2n) is 5.34. The van der Waals surface area contributed by atoms with Crippen LogP contribution in [0.15, 0.2) is 4.99 Å². The van der Waals surface area contributed by atoms with Crippen molar-refractivity contribution in [1.29, 1.82) is 0 Å². The summed E-state index contributed by atoms with van der Waals surface area (Å²) in [5, 5.41) is 10.3. The Morgan fingerprint density at radius 2 is 2.05 bits per heavy atom. The highest BCUT2D eigenvalue weighted by atomic mass is 32.1. The Balaban J connectivity index is 2.48. The van der Waals surface area contributed by atoms with Crippen LogP contribution in [0.5, 0.6) is 0 Å². The quantitative estimate of drug-likeness (QED) is 0.527. The zero-order valence-electron chi connectivity index (χ0n) is 14.1. The van der Waals surface area contributed by atoms with E-state index in [1.807, 2.05) is 34.6 Å². The molecule has 6 nitrogen and oxygen atoms in total. The van der Waals surface area contributed by atoms with Crippen LogP contribution in [0.25, 0.3) is 0 Å². The Labute approximate surface area is 136 Å². The molecule has 0 aliphatic rings. The van der Waals surface area contributed by atoms with E-state index in [-0.39, 0.29) is 11.9 Å². The first kappa shape index (κ1) is 18.4. The third-order valence-electron chi connectivity index (χ3n) is 2.82. The molecular weight excluding hydrogens is 298 g/mol. The fraction of sp³-hybridized carbons (Fsp3) is 0.667. The number of aromatic nitrogens is 1. The molecule has 1 amide bonds. The summed E-state index contributed by atoms with van der Waals surface area (Å²) in [5.74, 6) is 0.776. The van der Waals surface area contributed by atoms with Crippen molar-refractivity contribution in [2.75, 3.05) is 13.1 Å². The van der Waals surface area contributed by atoms with Crippen molar-refractivity contribution < 1.29 is 4.79 Å². The van der Waals surface area contributed by atoms with Crippen LogP contribution in [-0.2, 0) is 11.3 Å². The van der Waals surface area contributed by atoms with Gasteiger partial charge in [0.15, 0.2) is 5.96 Å². The third-order valence-corrected chi connectivity index (χ3v) is 3.88. The summed E-state index contributed by atoms with van der Waals surface area (Å²) in [4.78, 5) is 21.7. The Hall–Kier alpha value is -1.63. The molecule has 1 aromatic rings. The van der Waals surface area contributed by atoms with E-state index in [0.29, 0.717) is 19.5 Å². The number of aryl methyl sites for hydroxylation is 2. The van der Waals surface area contributed by atoms with Crippen LogP contribution < -0.4 is 16.0 Å². The van der Waals surface area contributed by atoms with Gasteiger partial charge in [0.2, 0.25) is 5.91 Å². The van der Waals surface area contributed by atoms with E-state index in [1.165, 1.54) is 4.88 Å². The second-order valence-corrected chi connectivity index (χ2v) is 6.62. The van der Waals surface area contributed by atoms with E-state index in [2.05, 4.69) is 25.9 Å². The molecule has 0 atom stereocenters. The number of hydrogen-bond acceptors (Lipinski definition) is 4. The lowest BCUT2D eigenvalue weighted by atomic mass is 10.3. The average Bonchev–Trinajstić information content (AvgIpc) is 2.73. The minimum absolute atomic E-state index is 0.0484. The molecule has 0 fully saturated rings. The molecule has 0 spiro atoms. The summed E-state index contributed by atoms with van der Waals surface area (Å²) < 4.78 is 0. The van der Waals surface area contributed by atoms with E-state index in [9.17, 15) is 4.79 Å². The number of carbonyl (C=O) groups excluding carboxylic acids is 1. The van der Waals surface area contributed by atoms with Crippen LogP contribution in [0.1, 0.15) is 42.8 Å². The fourth-order valence-corrected chi connectivity index (χ4v) is 2.76. The van der Waals surface area contributed by atoms with Crippen molar-refractivity contribution in [2.45, 2.75) is 53.6 Å². The number of rotatable bonds is 7. The molecule has 1 aromatic heterocycles. The van der Waals surface area contributed by atoms with Crippen LogP contribution in [0.4, 0.5) is 0 Å². The van der Waals surface area contributed by atoms with E-state index < -0.39 is 0 Å². The Bertz CT molecular complexity index is 510. The highest BCUT2D eigenvalue weighted by molar-refractivity contribution is 7.11. The largest absolute Gasteiger partial charge is 0.357 e. The molecule has 124 valence electrons. The summed E-state index contributed by atoms with van der Waals surface area (Å²) >= 11 is 1.67. The van der Waals surface area contributed by atoms with Crippen molar-refractivity contribution in [3.63, 3.8) is 0 Å². The third kappa shape index (κ3) is 6.89. The zero-order valence-corrected chi connectivity index (χ0v) is 14.9. The molecule has 7 heteroatoms. The van der Waals surface area contributed by atoms with Crippen molar-refractivity contribution >= 4 is 23.2 Å². The lowest BCUT2D eigenvalue weighted by Gasteiger charge is -2.12. The molecule has 3 N–H and O–H groups in total. The lowest BCUT2D eigenvalue weighted by molar-refractivity contribution is -0.121. The lowest BCUT2D eigenvalue weighted by Crippen LogP contribution is -2.40. The SMILES string of the molecule is CCNC(=NCc1sc(C)nc1C)NCCC(=O)NC(C)C. The number of hydrogen-bond donors (Lipinski definition) is 3. The second kappa shape index (κ2) is 9.40. The van der Waals surface area contributed by atoms with Gasteiger partial charge in [-0.25, -0.2) is 9.98 Å². The molecule has 1 heterocycles. The monoisotopic (exact) mass is 325 g/mol. The van der Waals surface area contributed by atoms with Crippen molar-refractivity contribution in [3.8, 4) is 0 Å². The Kier molecular flexibility index (Phi) is 7.87. The smallest absolute Gasteiger partial charge is 0.221 e. The summed E-state index contributed by atoms with van der Waals surface area (Å²) in [5.41, 5.74) is 1.04. The minimum Gasteiger partial charge on any atom is -0.357 e. The zero-order chi connectivity index (χ0) is 16.5. The molecule has 0 aliphatic heterocycles. The molecule has 0 aromatic carbocycles. The van der Waals surface area contributed by atoms with Gasteiger partial charge in [-0.1, -0.05) is 0 Å². The first-order valence-electron chi connectivity index (χ1n) is 7.66. The van der Waals surface area contributed by atoms with Crippen LogP contribution >= 0.6 is 11.3 Å². The van der Waals surface area contributed by atoms with Crippen LogP contribution in [-0.4, -0.2) is 36.0 Å². The number of amides is 1. The summed E-state index contributed by atoms with van der Waals surface area (Å²) in [6, 6.07) is 0.173. The van der Waals surface area contributed by atoms with Gasteiger partial charge in [-0.15, -0.1) is 11.3 Å². The number of nitrogens with one attached hydrogen (secondary N) is 3. The molecule has 22 heavy (non-hydrogen) atoms. The van der Waals surface area contributed by atoms with Crippen LogP contribution in [0.2, 0.25) is 0 Å². The van der Waals surface area contributed by atoms with Gasteiger partial charge >= 0.3 is 0 Å². The highest BCUT2D eigenvalue weighted by Crippen LogP contribution is 2.17. The van der Waals surface area contributed by atoms with Crippen LogP contribution in [0.3, 0.4) is 0 Å². The van der Waals surface area contributed by atoms with Crippen molar-refractivity contribution in [1.82, 2.24) is 20.9 Å². The van der Waals surface area contributed by atoms with E-state index >= 15 is 0 Å². The van der Waals surface area contributed by atoms with Gasteiger partial charge in [0.05, 0.1) is 17.2 Å². The molecule has 1 rings (SSSR count). The standard InChI is InChI=1S/C15H27N5OS/c1-6-16-15(17-8-7-14(21)19-10(2)3)18-9-13-11(4)20-12(5)22-13/h10H,6-9H2,1-5H3,(H,19,21)(H2,16,17,18). The minimum atomic E-state index is 0.0484. The number of guanidine groups is 1. The maximum absolute atomic E-state index is 11.6. The van der Waals surface area contributed by atoms with E-state index in [0.717, 1.165) is 23.2 Å². The molecule has 0 unspecified atom stereocenters. The van der Waals surface area contributed by atoms with Gasteiger partial charge < -0.3 is 16.0 Å². The van der Waals surface area contributed by atoms with Gasteiger partial charge in [-0.2, -0.15) is 0 Å². The predicted octanol–water partition coefficient (Wildman–Crippen LogP) is 1.73. The van der Waals surface area contributed by atoms with Gasteiger partial charge in [-0.3, -0.25) is 4.79 Å². The molecular formula is C15H27N5OS. The molecule has 0 saturated heterocycles. The Morgan fingerprint density at radius 1 is 1.32 bits per heavy atom. The van der Waals surface area contributed by atoms with E-state index in [4.69, 9.17) is 0 Å². The summed E-state index contributed by atoms with van der Waals surface area (Å²) in [6.45, 7) is 11.9. The molecule has 0 bridgehead atoms. The molecule has 0 radical (unpaired) electrons. The number of nitrogens with zero attached hydrogens (tertiary/aromatic N) is 2. The van der Waals surface area contributed by atoms with Gasteiger partial charge in [-0.05, 0) is 34.6 Å². The topological polar surface area (TPSA) is 78.4 Å². The number of aliphatic imine (C=N–C) groups is 1. The van der Waals surface area contributed by atoms with Crippen molar-refractivity contribution in [3.05, 3.63) is 15.6 Å². The first-order chi connectivity index (χ1) is 10.4. The maximum atomic E-state index is 11.6. The maximum Gasteiger partial charge on any atom is 0.221 e. The molecule has 0 aliphatic carbocycles. The Morgan fingerprint density at radius 3 is 2.59 bits per heavy atom. The number of carbonyl (C=O) groups is 1. The average molecular weight is 325 g/mol.